The van der Waals surface area contributed by atoms with Gasteiger partial charge < -0.3 is 9.64 Å². The van der Waals surface area contributed by atoms with E-state index >= 15 is 0 Å². The van der Waals surface area contributed by atoms with Crippen LogP contribution < -0.4 is 9.64 Å². The second-order valence-corrected chi connectivity index (χ2v) is 6.29. The van der Waals surface area contributed by atoms with E-state index in [2.05, 4.69) is 4.90 Å². The molecular weight excluding hydrogens is 372 g/mol. The zero-order valence-corrected chi connectivity index (χ0v) is 14.4. The summed E-state index contributed by atoms with van der Waals surface area (Å²) in [7, 11) is 0. The number of likely N-dealkylation sites (N-methyl/N-ethyl adjacent to an activating group) is 1. The van der Waals surface area contributed by atoms with Gasteiger partial charge in [-0.05, 0) is 49.2 Å². The maximum Gasteiger partial charge on any atom is 0.416 e. The largest absolute Gasteiger partial charge is 0.489 e. The SMILES string of the molecule is CCN1CCc2c(OCc3cc(C(F)(F)F)cc(C(F)(F)F)c3)cccc21. The van der Waals surface area contributed by atoms with Crippen LogP contribution in [-0.4, -0.2) is 13.1 Å². The molecule has 2 nitrogen and oxygen atoms in total. The molecule has 3 rings (SSSR count). The van der Waals surface area contributed by atoms with E-state index in [0.717, 1.165) is 30.8 Å². The molecular formula is C19H17F6NO. The zero-order valence-electron chi connectivity index (χ0n) is 14.4. The number of ether oxygens (including phenoxy) is 1. The molecule has 8 heteroatoms. The molecule has 0 fully saturated rings. The molecule has 0 aromatic heterocycles. The van der Waals surface area contributed by atoms with Crippen molar-refractivity contribution in [3.05, 3.63) is 58.7 Å². The molecule has 0 radical (unpaired) electrons. The smallest absolute Gasteiger partial charge is 0.416 e. The molecule has 0 bridgehead atoms. The van der Waals surface area contributed by atoms with Gasteiger partial charge in [-0.25, -0.2) is 0 Å². The highest BCUT2D eigenvalue weighted by Gasteiger charge is 2.37. The molecule has 146 valence electrons. The van der Waals surface area contributed by atoms with Crippen LogP contribution in [-0.2, 0) is 25.4 Å². The van der Waals surface area contributed by atoms with Gasteiger partial charge in [0.1, 0.15) is 12.4 Å². The highest BCUT2D eigenvalue weighted by molar-refractivity contribution is 5.63. The molecule has 1 aliphatic heterocycles. The number of rotatable bonds is 4. The van der Waals surface area contributed by atoms with Gasteiger partial charge in [0.25, 0.3) is 0 Å². The number of halogens is 6. The first-order valence-electron chi connectivity index (χ1n) is 8.37. The van der Waals surface area contributed by atoms with Crippen LogP contribution in [0.3, 0.4) is 0 Å². The molecule has 27 heavy (non-hydrogen) atoms. The van der Waals surface area contributed by atoms with Crippen molar-refractivity contribution in [3.63, 3.8) is 0 Å². The molecule has 0 N–H and O–H groups in total. The Bertz CT molecular complexity index is 796. The molecule has 0 saturated carbocycles. The molecule has 0 saturated heterocycles. The lowest BCUT2D eigenvalue weighted by Gasteiger charge is -2.18. The van der Waals surface area contributed by atoms with Gasteiger partial charge in [0.2, 0.25) is 0 Å². The topological polar surface area (TPSA) is 12.5 Å². The third kappa shape index (κ3) is 4.14. The minimum absolute atomic E-state index is 0.114. The van der Waals surface area contributed by atoms with E-state index < -0.39 is 23.5 Å². The Labute approximate surface area is 152 Å². The lowest BCUT2D eigenvalue weighted by Crippen LogP contribution is -2.18. The van der Waals surface area contributed by atoms with Crippen molar-refractivity contribution in [1.29, 1.82) is 0 Å². The maximum absolute atomic E-state index is 12.9. The fourth-order valence-electron chi connectivity index (χ4n) is 3.20. The summed E-state index contributed by atoms with van der Waals surface area (Å²) < 4.78 is 83.3. The van der Waals surface area contributed by atoms with Gasteiger partial charge >= 0.3 is 12.4 Å². The van der Waals surface area contributed by atoms with Crippen LogP contribution in [0.15, 0.2) is 36.4 Å². The molecule has 0 aliphatic carbocycles. The van der Waals surface area contributed by atoms with E-state index in [4.69, 9.17) is 4.74 Å². The fraction of sp³-hybridized carbons (Fsp3) is 0.368. The van der Waals surface area contributed by atoms with Crippen LogP contribution >= 0.6 is 0 Å². The molecule has 0 atom stereocenters. The van der Waals surface area contributed by atoms with Crippen LogP contribution in [0.1, 0.15) is 29.2 Å². The van der Waals surface area contributed by atoms with Crippen LogP contribution in [0.4, 0.5) is 32.0 Å². The Kier molecular flexibility index (Phi) is 5.01. The van der Waals surface area contributed by atoms with Crippen molar-refractivity contribution in [1.82, 2.24) is 0 Å². The fourth-order valence-corrected chi connectivity index (χ4v) is 3.20. The molecule has 0 unspecified atom stereocenters. The molecule has 2 aromatic rings. The highest BCUT2D eigenvalue weighted by Crippen LogP contribution is 2.38. The second kappa shape index (κ2) is 6.98. The predicted octanol–water partition coefficient (Wildman–Crippen LogP) is 5.69. The summed E-state index contributed by atoms with van der Waals surface area (Å²) >= 11 is 0. The van der Waals surface area contributed by atoms with Gasteiger partial charge in [0.05, 0.1) is 11.1 Å². The Morgan fingerprint density at radius 3 is 2.15 bits per heavy atom. The molecule has 2 aromatic carbocycles. The Morgan fingerprint density at radius 2 is 1.59 bits per heavy atom. The number of anilines is 1. The summed E-state index contributed by atoms with van der Waals surface area (Å²) in [5, 5.41) is 0. The van der Waals surface area contributed by atoms with E-state index in [1.54, 1.807) is 12.1 Å². The summed E-state index contributed by atoms with van der Waals surface area (Å²) in [6, 6.07) is 6.85. The number of hydrogen-bond donors (Lipinski definition) is 0. The summed E-state index contributed by atoms with van der Waals surface area (Å²) in [5.74, 6) is 0.481. The third-order valence-electron chi connectivity index (χ3n) is 4.50. The molecule has 1 aliphatic rings. The average Bonchev–Trinajstić information content (AvgIpc) is 3.02. The van der Waals surface area contributed by atoms with E-state index in [1.807, 2.05) is 13.0 Å². The lowest BCUT2D eigenvalue weighted by molar-refractivity contribution is -0.143. The first-order valence-corrected chi connectivity index (χ1v) is 8.37. The van der Waals surface area contributed by atoms with Crippen molar-refractivity contribution < 1.29 is 31.1 Å². The van der Waals surface area contributed by atoms with Crippen molar-refractivity contribution >= 4 is 5.69 Å². The lowest BCUT2D eigenvalue weighted by atomic mass is 10.1. The minimum Gasteiger partial charge on any atom is -0.489 e. The van der Waals surface area contributed by atoms with Crippen molar-refractivity contribution in [2.45, 2.75) is 32.3 Å². The predicted molar refractivity (Wildman–Crippen MR) is 88.8 cm³/mol. The van der Waals surface area contributed by atoms with Gasteiger partial charge in [-0.2, -0.15) is 26.3 Å². The quantitative estimate of drug-likeness (QED) is 0.624. The summed E-state index contributed by atoms with van der Waals surface area (Å²) in [6.07, 6.45) is -9.02. The number of fused-ring (bicyclic) bond motifs is 1. The van der Waals surface area contributed by atoms with Gasteiger partial charge in [0.15, 0.2) is 0 Å². The maximum atomic E-state index is 12.9. The van der Waals surface area contributed by atoms with E-state index in [-0.39, 0.29) is 18.2 Å². The van der Waals surface area contributed by atoms with E-state index in [9.17, 15) is 26.3 Å². The summed E-state index contributed by atoms with van der Waals surface area (Å²) in [5.41, 5.74) is -0.963. The van der Waals surface area contributed by atoms with Crippen molar-refractivity contribution in [2.75, 3.05) is 18.0 Å². The van der Waals surface area contributed by atoms with Crippen LogP contribution in [0.2, 0.25) is 0 Å². The van der Waals surface area contributed by atoms with E-state index in [1.165, 1.54) is 0 Å². The average molecular weight is 389 g/mol. The summed E-state index contributed by atoms with van der Waals surface area (Å²) in [4.78, 5) is 2.13. The molecule has 0 amide bonds. The van der Waals surface area contributed by atoms with Crippen LogP contribution in [0, 0.1) is 0 Å². The van der Waals surface area contributed by atoms with Gasteiger partial charge in [0, 0.05) is 24.3 Å². The third-order valence-corrected chi connectivity index (χ3v) is 4.50. The van der Waals surface area contributed by atoms with E-state index in [0.29, 0.717) is 17.9 Å². The molecule has 0 spiro atoms. The van der Waals surface area contributed by atoms with Crippen molar-refractivity contribution in [3.8, 4) is 5.75 Å². The Balaban J connectivity index is 1.88. The molecule has 1 heterocycles. The van der Waals surface area contributed by atoms with Crippen LogP contribution in [0.5, 0.6) is 5.75 Å². The van der Waals surface area contributed by atoms with Crippen LogP contribution in [0.25, 0.3) is 0 Å². The van der Waals surface area contributed by atoms with Gasteiger partial charge in [-0.3, -0.25) is 0 Å². The normalized spacial score (nSPS) is 14.4. The zero-order chi connectivity index (χ0) is 19.8. The van der Waals surface area contributed by atoms with Crippen molar-refractivity contribution in [2.24, 2.45) is 0 Å². The first kappa shape index (κ1) is 19.4. The number of alkyl halides is 6. The van der Waals surface area contributed by atoms with Gasteiger partial charge in [-0.15, -0.1) is 0 Å². The first-order chi connectivity index (χ1) is 12.6. The second-order valence-electron chi connectivity index (χ2n) is 6.29. The van der Waals surface area contributed by atoms with Gasteiger partial charge in [-0.1, -0.05) is 6.07 Å². The number of benzene rings is 2. The highest BCUT2D eigenvalue weighted by atomic mass is 19.4. The number of nitrogens with zero attached hydrogens (tertiary/aromatic N) is 1. The Morgan fingerprint density at radius 1 is 0.963 bits per heavy atom. The Hall–Kier alpha value is -2.38. The monoisotopic (exact) mass is 389 g/mol. The number of hydrogen-bond acceptors (Lipinski definition) is 2. The standard InChI is InChI=1S/C19H17F6NO/c1-2-26-7-6-15-16(26)4-3-5-17(15)27-11-12-8-13(18(20,21)22)10-14(9-12)19(23,24)25/h3-5,8-10H,2,6-7,11H2,1H3. The summed E-state index contributed by atoms with van der Waals surface area (Å²) in [6.45, 7) is 3.23. The minimum atomic E-state index is -4.87.